The summed E-state index contributed by atoms with van der Waals surface area (Å²) in [5.74, 6) is -0.0618. The van der Waals surface area contributed by atoms with Gasteiger partial charge in [-0.2, -0.15) is 0 Å². The molecule has 0 bridgehead atoms. The van der Waals surface area contributed by atoms with Crippen LogP contribution in [0.3, 0.4) is 0 Å². The van der Waals surface area contributed by atoms with Crippen LogP contribution in [0, 0.1) is 0 Å². The molecular weight excluding hydrogens is 514 g/mol. The van der Waals surface area contributed by atoms with Gasteiger partial charge < -0.3 is 15.4 Å². The number of anilines is 1. The van der Waals surface area contributed by atoms with E-state index in [1.165, 1.54) is 0 Å². The van der Waals surface area contributed by atoms with Crippen molar-refractivity contribution in [3.8, 4) is 5.75 Å². The van der Waals surface area contributed by atoms with Crippen LogP contribution in [0.15, 0.2) is 77.3 Å². The molecule has 6 nitrogen and oxygen atoms in total. The molecule has 0 saturated heterocycles. The van der Waals surface area contributed by atoms with Crippen molar-refractivity contribution in [1.29, 1.82) is 0 Å². The van der Waals surface area contributed by atoms with Crippen molar-refractivity contribution >= 4 is 50.8 Å². The third-order valence-corrected chi connectivity index (χ3v) is 5.43. The first kappa shape index (κ1) is 25.4. The summed E-state index contributed by atoms with van der Waals surface area (Å²) < 4.78 is 6.65. The van der Waals surface area contributed by atoms with E-state index in [1.807, 2.05) is 50.2 Å². The fourth-order valence-corrected chi connectivity index (χ4v) is 3.68. The van der Waals surface area contributed by atoms with Crippen LogP contribution < -0.4 is 20.7 Å². The zero-order valence-corrected chi connectivity index (χ0v) is 21.3. The first-order chi connectivity index (χ1) is 16.3. The molecule has 0 heterocycles. The van der Waals surface area contributed by atoms with Crippen LogP contribution in [0.5, 0.6) is 5.75 Å². The summed E-state index contributed by atoms with van der Waals surface area (Å²) in [7, 11) is 0. The summed E-state index contributed by atoms with van der Waals surface area (Å²) in [5.41, 5.74) is 2.72. The molecule has 34 heavy (non-hydrogen) atoms. The van der Waals surface area contributed by atoms with Crippen LogP contribution >= 0.6 is 28.1 Å². The zero-order valence-electron chi connectivity index (χ0n) is 18.9. The van der Waals surface area contributed by atoms with E-state index in [9.17, 15) is 9.59 Å². The third-order valence-electron chi connectivity index (χ3n) is 4.73. The van der Waals surface area contributed by atoms with Crippen molar-refractivity contribution < 1.29 is 14.3 Å². The Morgan fingerprint density at radius 1 is 0.971 bits per heavy atom. The third kappa shape index (κ3) is 7.67. The van der Waals surface area contributed by atoms with Crippen molar-refractivity contribution in [1.82, 2.24) is 10.6 Å². The maximum Gasteiger partial charge on any atom is 0.261 e. The summed E-state index contributed by atoms with van der Waals surface area (Å²) in [5, 5.41) is 8.63. The highest BCUT2D eigenvalue weighted by Crippen LogP contribution is 2.23. The number of thiocarbonyl (C=S) groups is 1. The molecular formula is C26H26BrN3O3S. The van der Waals surface area contributed by atoms with Crippen LogP contribution in [0.25, 0.3) is 0 Å². The topological polar surface area (TPSA) is 79.5 Å². The molecule has 3 aromatic rings. The number of hydrogen-bond acceptors (Lipinski definition) is 4. The SMILES string of the molecule is CC(C)NC(=O)c1ccc(NC(=S)NC(=O)c2cc(Br)ccc2OCCc2ccccc2)cc1. The Morgan fingerprint density at radius 3 is 2.35 bits per heavy atom. The van der Waals surface area contributed by atoms with Gasteiger partial charge in [0.05, 0.1) is 12.2 Å². The summed E-state index contributed by atoms with van der Waals surface area (Å²) in [4.78, 5) is 25.0. The smallest absolute Gasteiger partial charge is 0.261 e. The van der Waals surface area contributed by atoms with Gasteiger partial charge in [-0.05, 0) is 74.1 Å². The predicted molar refractivity (Wildman–Crippen MR) is 143 cm³/mol. The van der Waals surface area contributed by atoms with Crippen molar-refractivity contribution in [2.45, 2.75) is 26.3 Å². The minimum atomic E-state index is -0.388. The highest BCUT2D eigenvalue weighted by Gasteiger charge is 2.15. The number of benzene rings is 3. The Bertz CT molecular complexity index is 1150. The van der Waals surface area contributed by atoms with Gasteiger partial charge in [-0.15, -0.1) is 0 Å². The minimum Gasteiger partial charge on any atom is -0.492 e. The Hall–Kier alpha value is -3.23. The standard InChI is InChI=1S/C26H26BrN3O3S/c1-17(2)28-24(31)19-8-11-21(12-9-19)29-26(34)30-25(32)22-16-20(27)10-13-23(22)33-15-14-18-6-4-3-5-7-18/h3-13,16-17H,14-15H2,1-2H3,(H,28,31)(H2,29,30,32,34). The van der Waals surface area contributed by atoms with Gasteiger partial charge in [0, 0.05) is 28.2 Å². The van der Waals surface area contributed by atoms with E-state index < -0.39 is 0 Å². The van der Waals surface area contributed by atoms with Gasteiger partial charge in [0.25, 0.3) is 11.8 Å². The van der Waals surface area contributed by atoms with E-state index in [-0.39, 0.29) is 23.0 Å². The average molecular weight is 540 g/mol. The van der Waals surface area contributed by atoms with Crippen LogP contribution in [0.2, 0.25) is 0 Å². The second kappa shape index (κ2) is 12.3. The minimum absolute atomic E-state index is 0.0540. The molecule has 0 aliphatic carbocycles. The fourth-order valence-electron chi connectivity index (χ4n) is 3.11. The average Bonchev–Trinajstić information content (AvgIpc) is 2.80. The van der Waals surface area contributed by atoms with Crippen molar-refractivity contribution in [2.24, 2.45) is 0 Å². The molecule has 8 heteroatoms. The van der Waals surface area contributed by atoms with Gasteiger partial charge in [-0.1, -0.05) is 46.3 Å². The van der Waals surface area contributed by atoms with Gasteiger partial charge >= 0.3 is 0 Å². The summed E-state index contributed by atoms with van der Waals surface area (Å²) in [6.07, 6.45) is 0.725. The molecule has 176 valence electrons. The molecule has 0 atom stereocenters. The van der Waals surface area contributed by atoms with E-state index in [0.717, 1.165) is 16.5 Å². The number of ether oxygens (including phenoxy) is 1. The maximum atomic E-state index is 12.9. The van der Waals surface area contributed by atoms with Gasteiger partial charge in [0.2, 0.25) is 0 Å². The number of halogens is 1. The highest BCUT2D eigenvalue weighted by atomic mass is 79.9. The highest BCUT2D eigenvalue weighted by molar-refractivity contribution is 9.10. The molecule has 0 radical (unpaired) electrons. The van der Waals surface area contributed by atoms with Crippen LogP contribution in [0.1, 0.15) is 40.1 Å². The molecule has 2 amide bonds. The Labute approximate surface area is 213 Å². The number of amides is 2. The molecule has 0 aromatic heterocycles. The van der Waals surface area contributed by atoms with Crippen molar-refractivity contribution in [3.63, 3.8) is 0 Å². The molecule has 0 aliphatic heterocycles. The Balaban J connectivity index is 1.59. The summed E-state index contributed by atoms with van der Waals surface area (Å²) >= 11 is 8.71. The lowest BCUT2D eigenvalue weighted by Crippen LogP contribution is -2.34. The van der Waals surface area contributed by atoms with E-state index >= 15 is 0 Å². The lowest BCUT2D eigenvalue weighted by molar-refractivity contribution is 0.0941. The Kier molecular flexibility index (Phi) is 9.18. The molecule has 0 spiro atoms. The zero-order chi connectivity index (χ0) is 24.5. The Morgan fingerprint density at radius 2 is 1.68 bits per heavy atom. The van der Waals surface area contributed by atoms with Gasteiger partial charge in [-0.3, -0.25) is 14.9 Å². The quantitative estimate of drug-likeness (QED) is 0.337. The normalized spacial score (nSPS) is 10.5. The van der Waals surface area contributed by atoms with Crippen LogP contribution in [-0.4, -0.2) is 29.6 Å². The summed E-state index contributed by atoms with van der Waals surface area (Å²) in [6, 6.07) is 22.2. The fraction of sp³-hybridized carbons (Fsp3) is 0.192. The van der Waals surface area contributed by atoms with Crippen molar-refractivity contribution in [3.05, 3.63) is 94.0 Å². The maximum absolute atomic E-state index is 12.9. The first-order valence-electron chi connectivity index (χ1n) is 10.8. The van der Waals surface area contributed by atoms with Gasteiger partial charge in [-0.25, -0.2) is 0 Å². The van der Waals surface area contributed by atoms with E-state index in [1.54, 1.807) is 36.4 Å². The van der Waals surface area contributed by atoms with Crippen LogP contribution in [0.4, 0.5) is 5.69 Å². The lowest BCUT2D eigenvalue weighted by atomic mass is 10.1. The molecule has 0 fully saturated rings. The summed E-state index contributed by atoms with van der Waals surface area (Å²) in [6.45, 7) is 4.24. The van der Waals surface area contributed by atoms with E-state index in [0.29, 0.717) is 29.2 Å². The van der Waals surface area contributed by atoms with E-state index in [2.05, 4.69) is 31.9 Å². The predicted octanol–water partition coefficient (Wildman–Crippen LogP) is 5.34. The largest absolute Gasteiger partial charge is 0.492 e. The lowest BCUT2D eigenvalue weighted by Gasteiger charge is -2.14. The first-order valence-corrected chi connectivity index (χ1v) is 12.0. The van der Waals surface area contributed by atoms with Gasteiger partial charge in [0.1, 0.15) is 5.75 Å². The molecule has 3 N–H and O–H groups in total. The molecule has 0 aliphatic rings. The molecule has 3 rings (SSSR count). The second-order valence-corrected chi connectivity index (χ2v) is 9.16. The second-order valence-electron chi connectivity index (χ2n) is 7.84. The number of carbonyl (C=O) groups excluding carboxylic acids is 2. The number of hydrogen-bond donors (Lipinski definition) is 3. The van der Waals surface area contributed by atoms with Crippen molar-refractivity contribution in [2.75, 3.05) is 11.9 Å². The number of carbonyl (C=O) groups is 2. The van der Waals surface area contributed by atoms with E-state index in [4.69, 9.17) is 17.0 Å². The number of rotatable bonds is 8. The molecule has 0 unspecified atom stereocenters. The number of nitrogens with one attached hydrogen (secondary N) is 3. The van der Waals surface area contributed by atoms with Crippen LogP contribution in [-0.2, 0) is 6.42 Å². The monoisotopic (exact) mass is 539 g/mol. The molecule has 0 saturated carbocycles. The molecule has 3 aromatic carbocycles. The van der Waals surface area contributed by atoms with Gasteiger partial charge in [0.15, 0.2) is 5.11 Å².